The van der Waals surface area contributed by atoms with Gasteiger partial charge in [0.1, 0.15) is 18.1 Å². The predicted molar refractivity (Wildman–Crippen MR) is 72.1 cm³/mol. The Bertz CT molecular complexity index is 664. The Morgan fingerprint density at radius 1 is 1.05 bits per heavy atom. The van der Waals surface area contributed by atoms with E-state index in [4.69, 9.17) is 0 Å². The number of aromatic nitrogens is 6. The Labute approximate surface area is 117 Å². The summed E-state index contributed by atoms with van der Waals surface area (Å²) in [4.78, 5) is 12.6. The van der Waals surface area contributed by atoms with Crippen molar-refractivity contribution < 1.29 is 0 Å². The summed E-state index contributed by atoms with van der Waals surface area (Å²) in [7, 11) is 0. The van der Waals surface area contributed by atoms with E-state index < -0.39 is 0 Å². The highest BCUT2D eigenvalue weighted by atomic mass is 79.9. The average Bonchev–Trinajstić information content (AvgIpc) is 2.89. The second kappa shape index (κ2) is 5.23. The van der Waals surface area contributed by atoms with Crippen molar-refractivity contribution in [1.29, 1.82) is 0 Å². The third kappa shape index (κ3) is 2.82. The Hall–Kier alpha value is -2.15. The summed E-state index contributed by atoms with van der Waals surface area (Å²) in [5.74, 6) is 0.697. The van der Waals surface area contributed by atoms with Crippen molar-refractivity contribution in [2.75, 3.05) is 0 Å². The van der Waals surface area contributed by atoms with Gasteiger partial charge in [-0.2, -0.15) is 0 Å². The van der Waals surface area contributed by atoms with Crippen LogP contribution in [0, 0.1) is 0 Å². The van der Waals surface area contributed by atoms with Gasteiger partial charge in [0.25, 0.3) is 0 Å². The summed E-state index contributed by atoms with van der Waals surface area (Å²) in [6, 6.07) is 5.58. The first-order chi connectivity index (χ1) is 9.31. The molecule has 0 unspecified atom stereocenters. The lowest BCUT2D eigenvalue weighted by atomic mass is 10.3. The maximum Gasteiger partial charge on any atom is 0.149 e. The van der Waals surface area contributed by atoms with Crippen LogP contribution in [0.5, 0.6) is 0 Å². The maximum absolute atomic E-state index is 4.27. The van der Waals surface area contributed by atoms with E-state index >= 15 is 0 Å². The van der Waals surface area contributed by atoms with E-state index in [1.807, 2.05) is 18.3 Å². The molecule has 19 heavy (non-hydrogen) atoms. The molecule has 7 heteroatoms. The third-order valence-electron chi connectivity index (χ3n) is 2.45. The maximum atomic E-state index is 4.27. The zero-order chi connectivity index (χ0) is 13.1. The van der Waals surface area contributed by atoms with Crippen LogP contribution in [-0.2, 0) is 6.54 Å². The predicted octanol–water partition coefficient (Wildman–Crippen LogP) is 1.94. The van der Waals surface area contributed by atoms with E-state index in [9.17, 15) is 0 Å². The van der Waals surface area contributed by atoms with Crippen molar-refractivity contribution in [3.05, 3.63) is 53.3 Å². The second-order valence-electron chi connectivity index (χ2n) is 3.83. The second-order valence-corrected chi connectivity index (χ2v) is 4.74. The summed E-state index contributed by atoms with van der Waals surface area (Å²) in [6.45, 7) is 0.490. The van der Waals surface area contributed by atoms with Gasteiger partial charge in [-0.15, -0.1) is 5.10 Å². The molecule has 3 heterocycles. The fraction of sp³-hybridized carbons (Fsp3) is 0.0833. The smallest absolute Gasteiger partial charge is 0.149 e. The number of hydrogen-bond acceptors (Lipinski definition) is 5. The first-order valence-corrected chi connectivity index (χ1v) is 6.38. The molecule has 0 spiro atoms. The van der Waals surface area contributed by atoms with Gasteiger partial charge >= 0.3 is 0 Å². The molecule has 0 aliphatic carbocycles. The zero-order valence-corrected chi connectivity index (χ0v) is 11.4. The summed E-state index contributed by atoms with van der Waals surface area (Å²) >= 11 is 3.35. The number of nitrogens with zero attached hydrogens (tertiary/aromatic N) is 6. The molecule has 0 amide bonds. The molecule has 3 aromatic rings. The van der Waals surface area contributed by atoms with Gasteiger partial charge < -0.3 is 0 Å². The molecule has 3 rings (SSSR count). The van der Waals surface area contributed by atoms with E-state index in [2.05, 4.69) is 41.2 Å². The standard InChI is InChI=1S/C12H9BrN6/c13-9-2-3-10(16-6-9)11-7-19(18-17-11)8-12-14-4-1-5-15-12/h1-7H,8H2. The minimum Gasteiger partial charge on any atom is -0.253 e. The van der Waals surface area contributed by atoms with E-state index in [0.29, 0.717) is 12.4 Å². The van der Waals surface area contributed by atoms with Gasteiger partial charge in [0.15, 0.2) is 0 Å². The first-order valence-electron chi connectivity index (χ1n) is 5.59. The molecule has 0 aromatic carbocycles. The SMILES string of the molecule is Brc1ccc(-c2cn(Cc3ncccn3)nn2)nc1. The first kappa shape index (κ1) is 11.9. The van der Waals surface area contributed by atoms with Crippen molar-refractivity contribution in [1.82, 2.24) is 29.9 Å². The molecule has 0 aliphatic rings. The molecule has 0 atom stereocenters. The quantitative estimate of drug-likeness (QED) is 0.738. The summed E-state index contributed by atoms with van der Waals surface area (Å²) < 4.78 is 2.62. The molecule has 6 nitrogen and oxygen atoms in total. The molecular weight excluding hydrogens is 308 g/mol. The van der Waals surface area contributed by atoms with Gasteiger partial charge in [-0.25, -0.2) is 14.6 Å². The van der Waals surface area contributed by atoms with Crippen LogP contribution in [0.25, 0.3) is 11.4 Å². The zero-order valence-electron chi connectivity index (χ0n) is 9.81. The fourth-order valence-corrected chi connectivity index (χ4v) is 1.81. The lowest BCUT2D eigenvalue weighted by Crippen LogP contribution is -2.04. The Morgan fingerprint density at radius 2 is 1.89 bits per heavy atom. The number of rotatable bonds is 3. The number of halogens is 1. The normalized spacial score (nSPS) is 10.6. The van der Waals surface area contributed by atoms with E-state index in [1.165, 1.54) is 0 Å². The topological polar surface area (TPSA) is 69.4 Å². The summed E-state index contributed by atoms with van der Waals surface area (Å²) in [6.07, 6.45) is 6.97. The molecule has 0 saturated heterocycles. The molecular formula is C12H9BrN6. The Morgan fingerprint density at radius 3 is 2.63 bits per heavy atom. The highest BCUT2D eigenvalue weighted by molar-refractivity contribution is 9.10. The van der Waals surface area contributed by atoms with Crippen LogP contribution in [0.4, 0.5) is 0 Å². The number of hydrogen-bond donors (Lipinski definition) is 0. The van der Waals surface area contributed by atoms with Gasteiger partial charge in [0.2, 0.25) is 0 Å². The third-order valence-corrected chi connectivity index (χ3v) is 2.92. The van der Waals surface area contributed by atoms with Crippen LogP contribution >= 0.6 is 15.9 Å². The van der Waals surface area contributed by atoms with Gasteiger partial charge in [0.05, 0.1) is 11.9 Å². The van der Waals surface area contributed by atoms with Crippen molar-refractivity contribution >= 4 is 15.9 Å². The minimum atomic E-state index is 0.490. The van der Waals surface area contributed by atoms with E-state index in [-0.39, 0.29) is 0 Å². The highest BCUT2D eigenvalue weighted by Gasteiger charge is 2.06. The molecule has 0 saturated carbocycles. The van der Waals surface area contributed by atoms with Gasteiger partial charge in [0, 0.05) is 23.1 Å². The van der Waals surface area contributed by atoms with Crippen molar-refractivity contribution in [3.8, 4) is 11.4 Å². The summed E-state index contributed by atoms with van der Waals surface area (Å²) in [5, 5.41) is 8.14. The van der Waals surface area contributed by atoms with Crippen LogP contribution < -0.4 is 0 Å². The summed E-state index contributed by atoms with van der Waals surface area (Å²) in [5.41, 5.74) is 1.51. The monoisotopic (exact) mass is 316 g/mol. The van der Waals surface area contributed by atoms with E-state index in [0.717, 1.165) is 15.9 Å². The van der Waals surface area contributed by atoms with Crippen molar-refractivity contribution in [2.24, 2.45) is 0 Å². The average molecular weight is 317 g/mol. The van der Waals surface area contributed by atoms with Crippen molar-refractivity contribution in [3.63, 3.8) is 0 Å². The Kier molecular flexibility index (Phi) is 3.28. The van der Waals surface area contributed by atoms with Crippen LogP contribution in [0.1, 0.15) is 5.82 Å². The van der Waals surface area contributed by atoms with Gasteiger partial charge in [-0.3, -0.25) is 4.98 Å². The largest absolute Gasteiger partial charge is 0.253 e. The van der Waals surface area contributed by atoms with Gasteiger partial charge in [-0.1, -0.05) is 5.21 Å². The van der Waals surface area contributed by atoms with Crippen LogP contribution in [0.3, 0.4) is 0 Å². The lowest BCUT2D eigenvalue weighted by Gasteiger charge is -1.97. The van der Waals surface area contributed by atoms with Crippen LogP contribution in [0.2, 0.25) is 0 Å². The molecule has 3 aromatic heterocycles. The van der Waals surface area contributed by atoms with Gasteiger partial charge in [-0.05, 0) is 34.1 Å². The molecule has 94 valence electrons. The molecule has 0 fully saturated rings. The lowest BCUT2D eigenvalue weighted by molar-refractivity contribution is 0.624. The number of pyridine rings is 1. The molecule has 0 aliphatic heterocycles. The molecule has 0 bridgehead atoms. The van der Waals surface area contributed by atoms with Crippen LogP contribution in [0.15, 0.2) is 47.5 Å². The van der Waals surface area contributed by atoms with Crippen molar-refractivity contribution in [2.45, 2.75) is 6.54 Å². The molecule has 0 N–H and O–H groups in total. The fourth-order valence-electron chi connectivity index (χ4n) is 1.58. The Balaban J connectivity index is 1.82. The molecule has 0 radical (unpaired) electrons. The minimum absolute atomic E-state index is 0.490. The van der Waals surface area contributed by atoms with E-state index in [1.54, 1.807) is 29.3 Å². The van der Waals surface area contributed by atoms with Crippen LogP contribution in [-0.4, -0.2) is 29.9 Å². The highest BCUT2D eigenvalue weighted by Crippen LogP contribution is 2.16.